The van der Waals surface area contributed by atoms with Crippen LogP contribution >= 0.6 is 12.2 Å². The van der Waals surface area contributed by atoms with Gasteiger partial charge in [-0.3, -0.25) is 0 Å². The summed E-state index contributed by atoms with van der Waals surface area (Å²) < 4.78 is 10.7. The van der Waals surface area contributed by atoms with Gasteiger partial charge in [-0.2, -0.15) is 0 Å². The van der Waals surface area contributed by atoms with Gasteiger partial charge in [-0.1, -0.05) is 6.07 Å². The van der Waals surface area contributed by atoms with E-state index >= 15 is 0 Å². The van der Waals surface area contributed by atoms with Gasteiger partial charge in [0.25, 0.3) is 5.17 Å². The monoisotopic (exact) mass is 263 g/mol. The Labute approximate surface area is 110 Å². The predicted molar refractivity (Wildman–Crippen MR) is 74.1 cm³/mol. The first-order chi connectivity index (χ1) is 8.49. The maximum absolute atomic E-state index is 11.3. The SMILES string of the molecule is Cc1cc(=O)oc2cccc(OC(=S)N(C)C)c12. The number of rotatable bonds is 1. The van der Waals surface area contributed by atoms with Gasteiger partial charge in [0, 0.05) is 20.2 Å². The molecule has 0 N–H and O–H groups in total. The number of thiocarbonyl (C=S) groups is 1. The molecule has 0 fully saturated rings. The molecule has 0 unspecified atom stereocenters. The molecule has 0 atom stereocenters. The van der Waals surface area contributed by atoms with E-state index in [-0.39, 0.29) is 5.63 Å². The number of aryl methyl sites for hydroxylation is 1. The van der Waals surface area contributed by atoms with Gasteiger partial charge < -0.3 is 14.1 Å². The van der Waals surface area contributed by atoms with Crippen LogP contribution in [-0.4, -0.2) is 24.2 Å². The summed E-state index contributed by atoms with van der Waals surface area (Å²) in [4.78, 5) is 13.0. The molecule has 2 rings (SSSR count). The lowest BCUT2D eigenvalue weighted by Crippen LogP contribution is -2.25. The van der Waals surface area contributed by atoms with Crippen molar-refractivity contribution in [1.29, 1.82) is 0 Å². The van der Waals surface area contributed by atoms with Crippen LogP contribution in [0.15, 0.2) is 33.5 Å². The Hall–Kier alpha value is -1.88. The van der Waals surface area contributed by atoms with E-state index in [0.29, 0.717) is 16.5 Å². The highest BCUT2D eigenvalue weighted by molar-refractivity contribution is 7.80. The predicted octanol–water partition coefficient (Wildman–Crippen LogP) is 2.33. The van der Waals surface area contributed by atoms with Crippen molar-refractivity contribution in [3.05, 3.63) is 40.2 Å². The zero-order valence-electron chi connectivity index (χ0n) is 10.4. The minimum Gasteiger partial charge on any atom is -0.431 e. The summed E-state index contributed by atoms with van der Waals surface area (Å²) >= 11 is 5.10. The second kappa shape index (κ2) is 4.78. The number of hydrogen-bond donors (Lipinski definition) is 0. The summed E-state index contributed by atoms with van der Waals surface area (Å²) in [6, 6.07) is 6.73. The highest BCUT2D eigenvalue weighted by Gasteiger charge is 2.10. The summed E-state index contributed by atoms with van der Waals surface area (Å²) in [7, 11) is 3.61. The van der Waals surface area contributed by atoms with Crippen molar-refractivity contribution in [2.24, 2.45) is 0 Å². The molecule has 2 aromatic rings. The fourth-order valence-electron chi connectivity index (χ4n) is 1.64. The number of hydrogen-bond acceptors (Lipinski definition) is 4. The van der Waals surface area contributed by atoms with Crippen molar-refractivity contribution in [2.45, 2.75) is 6.92 Å². The first-order valence-corrected chi connectivity index (χ1v) is 5.82. The molecule has 0 aliphatic rings. The summed E-state index contributed by atoms with van der Waals surface area (Å²) in [5, 5.41) is 1.12. The quantitative estimate of drug-likeness (QED) is 0.583. The van der Waals surface area contributed by atoms with Crippen molar-refractivity contribution in [1.82, 2.24) is 4.90 Å². The summed E-state index contributed by atoms with van der Waals surface area (Å²) in [5.74, 6) is 0.590. The zero-order chi connectivity index (χ0) is 13.3. The third-order valence-corrected chi connectivity index (χ3v) is 2.94. The summed E-state index contributed by atoms with van der Waals surface area (Å²) in [5.41, 5.74) is 0.935. The van der Waals surface area contributed by atoms with Gasteiger partial charge in [0.15, 0.2) is 0 Å². The third kappa shape index (κ3) is 2.36. The third-order valence-electron chi connectivity index (χ3n) is 2.49. The van der Waals surface area contributed by atoms with Gasteiger partial charge in [0.2, 0.25) is 0 Å². The van der Waals surface area contributed by atoms with E-state index in [9.17, 15) is 4.79 Å². The van der Waals surface area contributed by atoms with Gasteiger partial charge >= 0.3 is 5.63 Å². The Morgan fingerprint density at radius 1 is 1.39 bits per heavy atom. The van der Waals surface area contributed by atoms with Crippen LogP contribution in [0, 0.1) is 6.92 Å². The molecular weight excluding hydrogens is 250 g/mol. The van der Waals surface area contributed by atoms with Crippen molar-refractivity contribution < 1.29 is 9.15 Å². The maximum atomic E-state index is 11.3. The van der Waals surface area contributed by atoms with Crippen molar-refractivity contribution in [2.75, 3.05) is 14.1 Å². The van der Waals surface area contributed by atoms with E-state index in [1.54, 1.807) is 37.2 Å². The lowest BCUT2D eigenvalue weighted by molar-refractivity contribution is 0.451. The normalized spacial score (nSPS) is 10.4. The molecule has 0 aliphatic heterocycles. The Bertz CT molecular complexity index is 661. The average molecular weight is 263 g/mol. The fraction of sp³-hybridized carbons (Fsp3) is 0.231. The number of ether oxygens (including phenoxy) is 1. The molecule has 5 heteroatoms. The van der Waals surface area contributed by atoms with E-state index in [2.05, 4.69) is 0 Å². The van der Waals surface area contributed by atoms with E-state index in [4.69, 9.17) is 21.4 Å². The molecule has 0 radical (unpaired) electrons. The Morgan fingerprint density at radius 3 is 2.78 bits per heavy atom. The lowest BCUT2D eigenvalue weighted by Gasteiger charge is -2.15. The first-order valence-electron chi connectivity index (χ1n) is 5.41. The molecule has 0 amide bonds. The number of nitrogens with zero attached hydrogens (tertiary/aromatic N) is 1. The number of fused-ring (bicyclic) bond motifs is 1. The molecule has 1 heterocycles. The smallest absolute Gasteiger partial charge is 0.336 e. The minimum atomic E-state index is -0.368. The van der Waals surface area contributed by atoms with Crippen LogP contribution in [0.1, 0.15) is 5.56 Å². The average Bonchev–Trinajstić information content (AvgIpc) is 2.27. The van der Waals surface area contributed by atoms with Gasteiger partial charge in [0.1, 0.15) is 11.3 Å². The van der Waals surface area contributed by atoms with E-state index in [0.717, 1.165) is 10.9 Å². The highest BCUT2D eigenvalue weighted by atomic mass is 32.1. The maximum Gasteiger partial charge on any atom is 0.336 e. The van der Waals surface area contributed by atoms with Crippen LogP contribution in [0.4, 0.5) is 0 Å². The molecule has 0 spiro atoms. The Kier molecular flexibility index (Phi) is 3.34. The van der Waals surface area contributed by atoms with E-state index in [1.165, 1.54) is 6.07 Å². The molecule has 0 bridgehead atoms. The molecule has 0 saturated carbocycles. The number of benzene rings is 1. The fourth-order valence-corrected chi connectivity index (χ4v) is 1.73. The van der Waals surface area contributed by atoms with Crippen LogP contribution in [0.2, 0.25) is 0 Å². The largest absolute Gasteiger partial charge is 0.431 e. The Morgan fingerprint density at radius 2 is 2.11 bits per heavy atom. The summed E-state index contributed by atoms with van der Waals surface area (Å²) in [6.07, 6.45) is 0. The standard InChI is InChI=1S/C13H13NO3S/c1-8-7-11(15)16-9-5-4-6-10(12(8)9)17-13(18)14(2)3/h4-7H,1-3H3. The highest BCUT2D eigenvalue weighted by Crippen LogP contribution is 2.27. The molecule has 18 heavy (non-hydrogen) atoms. The lowest BCUT2D eigenvalue weighted by atomic mass is 10.1. The van der Waals surface area contributed by atoms with Gasteiger partial charge in [-0.05, 0) is 36.8 Å². The molecule has 0 aliphatic carbocycles. The minimum absolute atomic E-state index is 0.355. The van der Waals surface area contributed by atoms with Gasteiger partial charge in [-0.25, -0.2) is 4.79 Å². The van der Waals surface area contributed by atoms with Gasteiger partial charge in [0.05, 0.1) is 5.39 Å². The zero-order valence-corrected chi connectivity index (χ0v) is 11.2. The molecule has 1 aromatic heterocycles. The molecule has 1 aromatic carbocycles. The van der Waals surface area contributed by atoms with Crippen molar-refractivity contribution in [3.8, 4) is 5.75 Å². The second-order valence-electron chi connectivity index (χ2n) is 4.14. The van der Waals surface area contributed by atoms with Gasteiger partial charge in [-0.15, -0.1) is 0 Å². The molecule has 94 valence electrons. The van der Waals surface area contributed by atoms with Crippen LogP contribution in [0.3, 0.4) is 0 Å². The summed E-state index contributed by atoms with van der Waals surface area (Å²) in [6.45, 7) is 1.84. The molecular formula is C13H13NO3S. The van der Waals surface area contributed by atoms with Crippen molar-refractivity contribution >= 4 is 28.4 Å². The molecule has 4 nitrogen and oxygen atoms in total. The van der Waals surface area contributed by atoms with Crippen LogP contribution in [-0.2, 0) is 0 Å². The topological polar surface area (TPSA) is 42.7 Å². The van der Waals surface area contributed by atoms with Crippen molar-refractivity contribution in [3.63, 3.8) is 0 Å². The van der Waals surface area contributed by atoms with Crippen LogP contribution < -0.4 is 10.4 Å². The van der Waals surface area contributed by atoms with Crippen LogP contribution in [0.25, 0.3) is 11.0 Å². The van der Waals surface area contributed by atoms with E-state index in [1.807, 2.05) is 6.92 Å². The van der Waals surface area contributed by atoms with Crippen LogP contribution in [0.5, 0.6) is 5.75 Å². The molecule has 0 saturated heterocycles. The van der Waals surface area contributed by atoms with E-state index < -0.39 is 0 Å². The second-order valence-corrected chi connectivity index (χ2v) is 4.49. The first kappa shape index (κ1) is 12.6. The Balaban J connectivity index is 2.58.